The number of primary amides is 1. The van der Waals surface area contributed by atoms with E-state index in [0.29, 0.717) is 19.6 Å². The number of carbonyl (C=O) groups excluding carboxylic acids is 2. The van der Waals surface area contributed by atoms with Gasteiger partial charge in [-0.2, -0.15) is 4.31 Å². The Balaban J connectivity index is 1.90. The van der Waals surface area contributed by atoms with E-state index in [-0.39, 0.29) is 24.4 Å². The van der Waals surface area contributed by atoms with E-state index in [1.807, 2.05) is 10.2 Å². The molecule has 3 N–H and O–H groups in total. The molecular weight excluding hydrogens is 339 g/mol. The Morgan fingerprint density at radius 2 is 1.79 bits per heavy atom. The molecule has 1 aromatic rings. The van der Waals surface area contributed by atoms with Crippen molar-refractivity contribution < 1.29 is 22.4 Å². The predicted molar refractivity (Wildman–Crippen MR) is 83.9 cm³/mol. The SMILES string of the molecule is NC(=O)NC(=O)CCN1CCN(S(=O)(=O)c2ccccc2F)CC1. The topological polar surface area (TPSA) is 113 Å². The zero-order valence-corrected chi connectivity index (χ0v) is 13.8. The molecule has 0 aromatic heterocycles. The van der Waals surface area contributed by atoms with E-state index >= 15 is 0 Å². The van der Waals surface area contributed by atoms with Crippen LogP contribution in [0.2, 0.25) is 0 Å². The van der Waals surface area contributed by atoms with Gasteiger partial charge in [0.15, 0.2) is 0 Å². The van der Waals surface area contributed by atoms with Gasteiger partial charge < -0.3 is 10.6 Å². The van der Waals surface area contributed by atoms with Crippen molar-refractivity contribution in [2.45, 2.75) is 11.3 Å². The normalized spacial score (nSPS) is 16.7. The molecule has 1 aromatic carbocycles. The van der Waals surface area contributed by atoms with Gasteiger partial charge in [-0.3, -0.25) is 10.1 Å². The van der Waals surface area contributed by atoms with Crippen molar-refractivity contribution in [1.82, 2.24) is 14.5 Å². The monoisotopic (exact) mass is 358 g/mol. The number of piperazine rings is 1. The van der Waals surface area contributed by atoms with Crippen LogP contribution in [-0.4, -0.2) is 62.3 Å². The summed E-state index contributed by atoms with van der Waals surface area (Å²) in [5.74, 6) is -1.26. The largest absolute Gasteiger partial charge is 0.351 e. The lowest BCUT2D eigenvalue weighted by molar-refractivity contribution is -0.120. The molecule has 1 aliphatic rings. The molecule has 24 heavy (non-hydrogen) atoms. The second-order valence-electron chi connectivity index (χ2n) is 5.34. The van der Waals surface area contributed by atoms with Crippen LogP contribution in [0.5, 0.6) is 0 Å². The highest BCUT2D eigenvalue weighted by Gasteiger charge is 2.30. The average molecular weight is 358 g/mol. The van der Waals surface area contributed by atoms with E-state index in [4.69, 9.17) is 5.73 Å². The van der Waals surface area contributed by atoms with Gasteiger partial charge in [0.2, 0.25) is 15.9 Å². The van der Waals surface area contributed by atoms with Gasteiger partial charge in [0, 0.05) is 39.1 Å². The maximum Gasteiger partial charge on any atom is 0.318 e. The summed E-state index contributed by atoms with van der Waals surface area (Å²) in [6, 6.07) is 4.36. The molecule has 1 saturated heterocycles. The second kappa shape index (κ2) is 7.69. The van der Waals surface area contributed by atoms with Crippen molar-refractivity contribution in [1.29, 1.82) is 0 Å². The maximum absolute atomic E-state index is 13.7. The van der Waals surface area contributed by atoms with Gasteiger partial charge in [0.25, 0.3) is 0 Å². The number of sulfonamides is 1. The van der Waals surface area contributed by atoms with Gasteiger partial charge in [-0.05, 0) is 12.1 Å². The van der Waals surface area contributed by atoms with Crippen molar-refractivity contribution in [3.63, 3.8) is 0 Å². The molecule has 132 valence electrons. The van der Waals surface area contributed by atoms with Crippen molar-refractivity contribution in [2.75, 3.05) is 32.7 Å². The summed E-state index contributed by atoms with van der Waals surface area (Å²) in [6.45, 7) is 1.62. The first-order valence-corrected chi connectivity index (χ1v) is 8.81. The number of halogens is 1. The summed E-state index contributed by atoms with van der Waals surface area (Å²) >= 11 is 0. The number of rotatable bonds is 5. The zero-order valence-electron chi connectivity index (χ0n) is 12.9. The molecule has 0 spiro atoms. The fourth-order valence-electron chi connectivity index (χ4n) is 2.45. The molecule has 8 nitrogen and oxygen atoms in total. The van der Waals surface area contributed by atoms with E-state index < -0.39 is 27.8 Å². The molecule has 0 radical (unpaired) electrons. The molecule has 1 aliphatic heterocycles. The molecule has 0 saturated carbocycles. The molecule has 10 heteroatoms. The highest BCUT2D eigenvalue weighted by atomic mass is 32.2. The summed E-state index contributed by atoms with van der Waals surface area (Å²) in [5.41, 5.74) is 4.85. The minimum Gasteiger partial charge on any atom is -0.351 e. The summed E-state index contributed by atoms with van der Waals surface area (Å²) in [5, 5.41) is 1.97. The number of imide groups is 1. The van der Waals surface area contributed by atoms with Crippen LogP contribution in [0, 0.1) is 5.82 Å². The highest BCUT2D eigenvalue weighted by molar-refractivity contribution is 7.89. The number of urea groups is 1. The lowest BCUT2D eigenvalue weighted by atomic mass is 10.3. The third-order valence-corrected chi connectivity index (χ3v) is 5.64. The minimum absolute atomic E-state index is 0.0863. The molecule has 3 amide bonds. The fourth-order valence-corrected chi connectivity index (χ4v) is 3.93. The standard InChI is InChI=1S/C14H19FN4O4S/c15-11-3-1-2-4-12(11)24(22,23)19-9-7-18(8-10-19)6-5-13(20)17-14(16)21/h1-4H,5-10H2,(H3,16,17,20,21). The van der Waals surface area contributed by atoms with Crippen LogP contribution in [0.15, 0.2) is 29.2 Å². The quantitative estimate of drug-likeness (QED) is 0.751. The smallest absolute Gasteiger partial charge is 0.318 e. The van der Waals surface area contributed by atoms with Gasteiger partial charge >= 0.3 is 6.03 Å². The molecule has 0 atom stereocenters. The summed E-state index contributed by atoms with van der Waals surface area (Å²) in [6.07, 6.45) is 0.0863. The number of carbonyl (C=O) groups is 2. The lowest BCUT2D eigenvalue weighted by Gasteiger charge is -2.33. The van der Waals surface area contributed by atoms with Crippen LogP contribution >= 0.6 is 0 Å². The van der Waals surface area contributed by atoms with Crippen LogP contribution < -0.4 is 11.1 Å². The van der Waals surface area contributed by atoms with E-state index in [9.17, 15) is 22.4 Å². The maximum atomic E-state index is 13.7. The van der Waals surface area contributed by atoms with Gasteiger partial charge in [-0.15, -0.1) is 0 Å². The summed E-state index contributed by atoms with van der Waals surface area (Å²) < 4.78 is 39.9. The Morgan fingerprint density at radius 3 is 2.38 bits per heavy atom. The van der Waals surface area contributed by atoms with Gasteiger partial charge in [-0.1, -0.05) is 12.1 Å². The Kier molecular flexibility index (Phi) is 5.86. The van der Waals surface area contributed by atoms with Gasteiger partial charge in [0.05, 0.1) is 0 Å². The van der Waals surface area contributed by atoms with E-state index in [2.05, 4.69) is 0 Å². The third kappa shape index (κ3) is 4.49. The zero-order chi connectivity index (χ0) is 17.7. The first-order chi connectivity index (χ1) is 11.3. The Hall–Kier alpha value is -2.04. The molecule has 0 aliphatic carbocycles. The van der Waals surface area contributed by atoms with Crippen molar-refractivity contribution in [3.8, 4) is 0 Å². The first-order valence-electron chi connectivity index (χ1n) is 7.37. The van der Waals surface area contributed by atoms with Gasteiger partial charge in [-0.25, -0.2) is 17.6 Å². The second-order valence-corrected chi connectivity index (χ2v) is 7.24. The molecule has 0 bridgehead atoms. The minimum atomic E-state index is -3.87. The number of hydrogen-bond donors (Lipinski definition) is 2. The van der Waals surface area contributed by atoms with E-state index in [1.165, 1.54) is 22.5 Å². The number of nitrogens with zero attached hydrogens (tertiary/aromatic N) is 2. The van der Waals surface area contributed by atoms with Gasteiger partial charge in [0.1, 0.15) is 10.7 Å². The number of hydrogen-bond acceptors (Lipinski definition) is 5. The fraction of sp³-hybridized carbons (Fsp3) is 0.429. The van der Waals surface area contributed by atoms with Crippen molar-refractivity contribution in [2.24, 2.45) is 5.73 Å². The predicted octanol–water partition coefficient (Wildman–Crippen LogP) is -0.283. The molecule has 1 fully saturated rings. The van der Waals surface area contributed by atoms with E-state index in [0.717, 1.165) is 6.07 Å². The van der Waals surface area contributed by atoms with Crippen molar-refractivity contribution >= 4 is 22.0 Å². The number of nitrogens with two attached hydrogens (primary N) is 1. The number of nitrogens with one attached hydrogen (secondary N) is 1. The highest BCUT2D eigenvalue weighted by Crippen LogP contribution is 2.20. The van der Waals surface area contributed by atoms with Crippen LogP contribution in [0.4, 0.5) is 9.18 Å². The molecule has 2 rings (SSSR count). The summed E-state index contributed by atoms with van der Waals surface area (Å²) in [7, 11) is -3.87. The molecule has 0 unspecified atom stereocenters. The Labute approximate surface area is 139 Å². The number of amides is 3. The first kappa shape index (κ1) is 18.3. The van der Waals surface area contributed by atoms with Crippen LogP contribution in [0.1, 0.15) is 6.42 Å². The summed E-state index contributed by atoms with van der Waals surface area (Å²) in [4.78, 5) is 23.5. The Bertz CT molecular complexity index is 717. The van der Waals surface area contributed by atoms with Crippen molar-refractivity contribution in [3.05, 3.63) is 30.1 Å². The van der Waals surface area contributed by atoms with Crippen LogP contribution in [-0.2, 0) is 14.8 Å². The Morgan fingerprint density at radius 1 is 1.17 bits per heavy atom. The van der Waals surface area contributed by atoms with Crippen LogP contribution in [0.3, 0.4) is 0 Å². The van der Waals surface area contributed by atoms with Crippen LogP contribution in [0.25, 0.3) is 0 Å². The average Bonchev–Trinajstić information content (AvgIpc) is 2.53. The van der Waals surface area contributed by atoms with E-state index in [1.54, 1.807) is 0 Å². The lowest BCUT2D eigenvalue weighted by Crippen LogP contribution is -2.49. The third-order valence-electron chi connectivity index (χ3n) is 3.70. The molecular formula is C14H19FN4O4S. The number of benzene rings is 1. The molecule has 1 heterocycles.